The van der Waals surface area contributed by atoms with E-state index in [0.717, 1.165) is 11.3 Å². The van der Waals surface area contributed by atoms with E-state index in [-0.39, 0.29) is 0 Å². The van der Waals surface area contributed by atoms with Gasteiger partial charge in [0.05, 0.1) is 0 Å². The van der Waals surface area contributed by atoms with Crippen LogP contribution in [0.3, 0.4) is 0 Å². The molecule has 0 saturated carbocycles. The van der Waals surface area contributed by atoms with Crippen molar-refractivity contribution >= 4 is 40.1 Å². The number of hydrogen-bond donors (Lipinski definition) is 0. The van der Waals surface area contributed by atoms with Gasteiger partial charge >= 0.3 is 0 Å². The quantitative estimate of drug-likeness (QED) is 0.608. The van der Waals surface area contributed by atoms with Crippen LogP contribution in [-0.2, 0) is 11.2 Å². The standard InChI is InChI=1S/C13H14ClNOS2/c1-3-17-13(18(16)4-2)12(9-15)10-5-7-11(14)8-6-10/h5-8H,3-4H2,1-2H3/b13-12+. The summed E-state index contributed by atoms with van der Waals surface area (Å²) in [7, 11) is 0. The summed E-state index contributed by atoms with van der Waals surface area (Å²) in [5.74, 6) is 1.31. The van der Waals surface area contributed by atoms with E-state index in [2.05, 4.69) is 6.07 Å². The number of nitriles is 1. The van der Waals surface area contributed by atoms with Crippen LogP contribution in [0.25, 0.3) is 5.57 Å². The van der Waals surface area contributed by atoms with Crippen molar-refractivity contribution in [1.29, 1.82) is 5.26 Å². The zero-order valence-electron chi connectivity index (χ0n) is 10.3. The fourth-order valence-electron chi connectivity index (χ4n) is 1.36. The maximum absolute atomic E-state index is 12.0. The zero-order chi connectivity index (χ0) is 13.5. The van der Waals surface area contributed by atoms with Crippen molar-refractivity contribution < 1.29 is 4.55 Å². The highest BCUT2D eigenvalue weighted by Gasteiger charge is 2.20. The molecule has 0 aromatic heterocycles. The summed E-state index contributed by atoms with van der Waals surface area (Å²) in [6.07, 6.45) is 0. The molecule has 0 heterocycles. The van der Waals surface area contributed by atoms with Gasteiger partial charge in [-0.25, -0.2) is 0 Å². The van der Waals surface area contributed by atoms with E-state index in [0.29, 0.717) is 20.6 Å². The maximum atomic E-state index is 12.0. The summed E-state index contributed by atoms with van der Waals surface area (Å²) in [5.41, 5.74) is 1.25. The maximum Gasteiger partial charge on any atom is 0.204 e. The van der Waals surface area contributed by atoms with Crippen molar-refractivity contribution in [2.24, 2.45) is 0 Å². The Labute approximate surface area is 120 Å². The SMILES string of the molecule is CCS/C(=C(/C#N)c1ccc(Cl)cc1)[S+]([O-])CC. The van der Waals surface area contributed by atoms with Crippen molar-refractivity contribution in [3.05, 3.63) is 39.1 Å². The lowest BCUT2D eigenvalue weighted by molar-refractivity contribution is 0.604. The highest BCUT2D eigenvalue weighted by molar-refractivity contribution is 8.18. The predicted molar refractivity (Wildman–Crippen MR) is 80.8 cm³/mol. The van der Waals surface area contributed by atoms with Gasteiger partial charge in [-0.3, -0.25) is 0 Å². The van der Waals surface area contributed by atoms with Gasteiger partial charge in [0.25, 0.3) is 0 Å². The minimum Gasteiger partial charge on any atom is -0.611 e. The molecule has 1 unspecified atom stereocenters. The molecule has 0 amide bonds. The fraction of sp³-hybridized carbons (Fsp3) is 0.308. The van der Waals surface area contributed by atoms with E-state index in [1.807, 2.05) is 13.8 Å². The van der Waals surface area contributed by atoms with E-state index in [1.165, 1.54) is 11.8 Å². The Morgan fingerprint density at radius 3 is 2.44 bits per heavy atom. The highest BCUT2D eigenvalue weighted by Crippen LogP contribution is 2.32. The number of rotatable bonds is 5. The van der Waals surface area contributed by atoms with Crippen molar-refractivity contribution in [2.75, 3.05) is 11.5 Å². The molecule has 1 aromatic carbocycles. The highest BCUT2D eigenvalue weighted by atomic mass is 35.5. The zero-order valence-corrected chi connectivity index (χ0v) is 12.7. The summed E-state index contributed by atoms with van der Waals surface area (Å²) in [6, 6.07) is 9.19. The van der Waals surface area contributed by atoms with Crippen LogP contribution < -0.4 is 0 Å². The third kappa shape index (κ3) is 3.96. The first-order chi connectivity index (χ1) is 8.63. The molecule has 96 valence electrons. The molecule has 0 saturated heterocycles. The monoisotopic (exact) mass is 299 g/mol. The van der Waals surface area contributed by atoms with Crippen LogP contribution in [0.1, 0.15) is 19.4 Å². The molecule has 0 aliphatic heterocycles. The van der Waals surface area contributed by atoms with Crippen LogP contribution in [0.4, 0.5) is 0 Å². The predicted octanol–water partition coefficient (Wildman–Crippen LogP) is 4.05. The van der Waals surface area contributed by atoms with Crippen molar-refractivity contribution in [1.82, 2.24) is 0 Å². The summed E-state index contributed by atoms with van der Waals surface area (Å²) in [4.78, 5) is 0. The van der Waals surface area contributed by atoms with Gasteiger partial charge in [-0.1, -0.05) is 42.4 Å². The third-order valence-corrected chi connectivity index (χ3v) is 5.25. The molecule has 18 heavy (non-hydrogen) atoms. The molecule has 0 spiro atoms. The van der Waals surface area contributed by atoms with Crippen LogP contribution in [0.5, 0.6) is 0 Å². The largest absolute Gasteiger partial charge is 0.611 e. The minimum atomic E-state index is -1.11. The summed E-state index contributed by atoms with van der Waals surface area (Å²) in [6.45, 7) is 3.83. The summed E-state index contributed by atoms with van der Waals surface area (Å²) >= 11 is 6.18. The van der Waals surface area contributed by atoms with Crippen molar-refractivity contribution in [3.8, 4) is 6.07 Å². The van der Waals surface area contributed by atoms with Crippen LogP contribution in [0.2, 0.25) is 5.02 Å². The second-order valence-corrected chi connectivity index (χ2v) is 6.99. The molecule has 0 bridgehead atoms. The molecule has 5 heteroatoms. The van der Waals surface area contributed by atoms with Gasteiger partial charge in [-0.15, -0.1) is 0 Å². The van der Waals surface area contributed by atoms with Gasteiger partial charge < -0.3 is 4.55 Å². The van der Waals surface area contributed by atoms with E-state index in [4.69, 9.17) is 11.6 Å². The second kappa shape index (κ2) is 7.75. The Bertz CT molecular complexity index is 465. The fourth-order valence-corrected chi connectivity index (χ4v) is 3.94. The van der Waals surface area contributed by atoms with Gasteiger partial charge in [-0.2, -0.15) is 5.26 Å². The molecular formula is C13H14ClNOS2. The van der Waals surface area contributed by atoms with Crippen LogP contribution >= 0.6 is 23.4 Å². The van der Waals surface area contributed by atoms with E-state index < -0.39 is 11.2 Å². The number of hydrogen-bond acceptors (Lipinski definition) is 3. The lowest BCUT2D eigenvalue weighted by Gasteiger charge is -2.12. The first kappa shape index (κ1) is 15.5. The molecule has 0 aliphatic carbocycles. The molecule has 0 fully saturated rings. The molecule has 0 N–H and O–H groups in total. The number of thioether (sulfide) groups is 1. The average Bonchev–Trinajstić information content (AvgIpc) is 2.39. The normalized spacial score (nSPS) is 13.7. The Morgan fingerprint density at radius 1 is 1.39 bits per heavy atom. The number of allylic oxidation sites excluding steroid dienone is 1. The van der Waals surface area contributed by atoms with E-state index in [1.54, 1.807) is 24.3 Å². The van der Waals surface area contributed by atoms with Gasteiger partial charge in [0.1, 0.15) is 17.4 Å². The minimum absolute atomic E-state index is 0.485. The Balaban J connectivity index is 3.25. The molecule has 1 rings (SSSR count). The first-order valence-corrected chi connectivity index (χ1v) is 8.23. The summed E-state index contributed by atoms with van der Waals surface area (Å²) in [5, 5.41) is 9.92. The van der Waals surface area contributed by atoms with Gasteiger partial charge in [0, 0.05) is 5.02 Å². The van der Waals surface area contributed by atoms with Crippen LogP contribution in [0.15, 0.2) is 28.5 Å². The molecule has 0 radical (unpaired) electrons. The van der Waals surface area contributed by atoms with E-state index >= 15 is 0 Å². The van der Waals surface area contributed by atoms with Crippen molar-refractivity contribution in [3.63, 3.8) is 0 Å². The second-order valence-electron chi connectivity index (χ2n) is 3.35. The smallest absolute Gasteiger partial charge is 0.204 e. The lowest BCUT2D eigenvalue weighted by atomic mass is 10.1. The Morgan fingerprint density at radius 2 is 2.00 bits per heavy atom. The summed E-state index contributed by atoms with van der Waals surface area (Å²) < 4.78 is 12.7. The van der Waals surface area contributed by atoms with Crippen LogP contribution in [0, 0.1) is 11.3 Å². The first-order valence-electron chi connectivity index (χ1n) is 5.55. The van der Waals surface area contributed by atoms with Gasteiger partial charge in [0.15, 0.2) is 0 Å². The number of benzene rings is 1. The number of halogens is 1. The molecule has 1 atom stereocenters. The third-order valence-electron chi connectivity index (χ3n) is 2.19. The van der Waals surface area contributed by atoms with Gasteiger partial charge in [0.2, 0.25) is 4.24 Å². The molecule has 1 aromatic rings. The number of nitrogens with zero attached hydrogens (tertiary/aromatic N) is 1. The lowest BCUT2D eigenvalue weighted by Crippen LogP contribution is -2.07. The molecule has 2 nitrogen and oxygen atoms in total. The Kier molecular flexibility index (Phi) is 6.66. The molecule has 0 aliphatic rings. The molecular weight excluding hydrogens is 286 g/mol. The average molecular weight is 300 g/mol. The van der Waals surface area contributed by atoms with Gasteiger partial charge in [-0.05, 0) is 41.5 Å². The van der Waals surface area contributed by atoms with E-state index in [9.17, 15) is 9.81 Å². The van der Waals surface area contributed by atoms with Crippen LogP contribution in [-0.4, -0.2) is 16.1 Å². The van der Waals surface area contributed by atoms with Crippen molar-refractivity contribution in [2.45, 2.75) is 13.8 Å². The topological polar surface area (TPSA) is 46.8 Å². The Hall–Kier alpha value is -0.600.